The lowest BCUT2D eigenvalue weighted by Crippen LogP contribution is -2.04. The van der Waals surface area contributed by atoms with Gasteiger partial charge in [0.05, 0.1) is 7.11 Å². The van der Waals surface area contributed by atoms with E-state index in [4.69, 9.17) is 4.74 Å². The van der Waals surface area contributed by atoms with Gasteiger partial charge in [-0.1, -0.05) is 78.9 Å². The van der Waals surface area contributed by atoms with E-state index in [1.165, 1.54) is 16.7 Å². The fraction of sp³-hybridized carbons (Fsp3) is 0.130. The Hall–Kier alpha value is -2.80. The molecule has 0 amide bonds. The number of ether oxygens (including phenoxy) is 1. The number of hydrogen-bond acceptors (Lipinski definition) is 1. The fourth-order valence-electron chi connectivity index (χ4n) is 3.11. The van der Waals surface area contributed by atoms with E-state index in [-0.39, 0.29) is 5.92 Å². The average molecular weight is 314 g/mol. The summed E-state index contributed by atoms with van der Waals surface area (Å²) >= 11 is 0. The van der Waals surface area contributed by atoms with Gasteiger partial charge in [-0.3, -0.25) is 0 Å². The van der Waals surface area contributed by atoms with Crippen molar-refractivity contribution < 1.29 is 4.74 Å². The van der Waals surface area contributed by atoms with Crippen LogP contribution in [0.3, 0.4) is 0 Å². The van der Waals surface area contributed by atoms with Crippen LogP contribution in [0.2, 0.25) is 0 Å². The molecular formula is C23H22O. The minimum absolute atomic E-state index is 0.210. The van der Waals surface area contributed by atoms with Crippen molar-refractivity contribution in [3.05, 3.63) is 107 Å². The molecule has 1 heteroatoms. The van der Waals surface area contributed by atoms with Gasteiger partial charge in [0.25, 0.3) is 0 Å². The Balaban J connectivity index is 2.15. The van der Waals surface area contributed by atoms with Gasteiger partial charge in [-0.15, -0.1) is 0 Å². The van der Waals surface area contributed by atoms with Crippen molar-refractivity contribution in [1.82, 2.24) is 0 Å². The molecule has 0 N–H and O–H groups in total. The Kier molecular flexibility index (Phi) is 5.12. The second kappa shape index (κ2) is 7.65. The van der Waals surface area contributed by atoms with Crippen LogP contribution in [0.5, 0.6) is 5.75 Å². The number of hydrogen-bond donors (Lipinski definition) is 0. The molecule has 0 aliphatic carbocycles. The molecule has 0 aliphatic heterocycles. The van der Waals surface area contributed by atoms with Crippen LogP contribution >= 0.6 is 0 Å². The lowest BCUT2D eigenvalue weighted by molar-refractivity contribution is 0.413. The maximum Gasteiger partial charge on any atom is 0.126 e. The molecule has 0 heterocycles. The molecule has 0 saturated heterocycles. The molecule has 3 rings (SSSR count). The minimum Gasteiger partial charge on any atom is -0.496 e. The van der Waals surface area contributed by atoms with Gasteiger partial charge >= 0.3 is 0 Å². The average Bonchev–Trinajstić information content (AvgIpc) is 2.64. The number of rotatable bonds is 5. The molecule has 0 unspecified atom stereocenters. The van der Waals surface area contributed by atoms with Gasteiger partial charge in [-0.05, 0) is 35.7 Å². The van der Waals surface area contributed by atoms with E-state index in [1.54, 1.807) is 7.11 Å². The monoisotopic (exact) mass is 314 g/mol. The molecule has 0 aliphatic rings. The van der Waals surface area contributed by atoms with Crippen molar-refractivity contribution in [3.8, 4) is 5.75 Å². The van der Waals surface area contributed by atoms with E-state index in [0.29, 0.717) is 0 Å². The largest absolute Gasteiger partial charge is 0.496 e. The van der Waals surface area contributed by atoms with E-state index in [1.807, 2.05) is 13.0 Å². The smallest absolute Gasteiger partial charge is 0.126 e. The molecule has 0 saturated carbocycles. The Morgan fingerprint density at radius 3 is 1.83 bits per heavy atom. The highest BCUT2D eigenvalue weighted by molar-refractivity contribution is 5.60. The molecule has 1 nitrogen and oxygen atoms in total. The SMILES string of the molecule is CC=Cc1cc(C(c2ccccc2)c2ccccc2)ccc1OC. The second-order valence-electron chi connectivity index (χ2n) is 5.76. The molecule has 3 aromatic rings. The summed E-state index contributed by atoms with van der Waals surface area (Å²) in [6, 6.07) is 27.7. The van der Waals surface area contributed by atoms with Crippen molar-refractivity contribution in [2.24, 2.45) is 0 Å². The zero-order chi connectivity index (χ0) is 16.8. The van der Waals surface area contributed by atoms with E-state index < -0.39 is 0 Å². The van der Waals surface area contributed by atoms with Crippen molar-refractivity contribution in [3.63, 3.8) is 0 Å². The first-order valence-electron chi connectivity index (χ1n) is 8.24. The summed E-state index contributed by atoms with van der Waals surface area (Å²) in [6.07, 6.45) is 4.14. The van der Waals surface area contributed by atoms with Crippen LogP contribution in [0.25, 0.3) is 6.08 Å². The minimum atomic E-state index is 0.210. The van der Waals surface area contributed by atoms with Crippen LogP contribution in [0, 0.1) is 0 Å². The Bertz CT molecular complexity index is 764. The molecule has 0 spiro atoms. The standard InChI is InChI=1S/C23H22O/c1-3-10-20-17-21(15-16-22(20)24-2)23(18-11-6-4-7-12-18)19-13-8-5-9-14-19/h3-17,23H,1-2H3. The quantitative estimate of drug-likeness (QED) is 0.532. The third-order valence-electron chi connectivity index (χ3n) is 4.20. The lowest BCUT2D eigenvalue weighted by Gasteiger charge is -2.20. The van der Waals surface area contributed by atoms with E-state index >= 15 is 0 Å². The molecule has 24 heavy (non-hydrogen) atoms. The predicted octanol–water partition coefficient (Wildman–Crippen LogP) is 5.91. The van der Waals surface area contributed by atoms with Gasteiger partial charge in [-0.25, -0.2) is 0 Å². The zero-order valence-corrected chi connectivity index (χ0v) is 14.1. The molecule has 0 radical (unpaired) electrons. The van der Waals surface area contributed by atoms with Gasteiger partial charge in [0.1, 0.15) is 5.75 Å². The van der Waals surface area contributed by atoms with Gasteiger partial charge in [0.2, 0.25) is 0 Å². The summed E-state index contributed by atoms with van der Waals surface area (Å²) in [5.74, 6) is 1.11. The van der Waals surface area contributed by atoms with Crippen molar-refractivity contribution >= 4 is 6.08 Å². The highest BCUT2D eigenvalue weighted by Gasteiger charge is 2.17. The lowest BCUT2D eigenvalue weighted by atomic mass is 9.84. The third kappa shape index (κ3) is 3.41. The Morgan fingerprint density at radius 2 is 1.33 bits per heavy atom. The van der Waals surface area contributed by atoms with Crippen molar-refractivity contribution in [2.75, 3.05) is 7.11 Å². The van der Waals surface area contributed by atoms with Crippen LogP contribution in [0.15, 0.2) is 84.9 Å². The molecule has 120 valence electrons. The van der Waals surface area contributed by atoms with Crippen LogP contribution in [0.4, 0.5) is 0 Å². The van der Waals surface area contributed by atoms with Crippen molar-refractivity contribution in [1.29, 1.82) is 0 Å². The van der Waals surface area contributed by atoms with Gasteiger partial charge < -0.3 is 4.74 Å². The highest BCUT2D eigenvalue weighted by Crippen LogP contribution is 2.34. The molecule has 0 atom stereocenters. The molecular weight excluding hydrogens is 292 g/mol. The third-order valence-corrected chi connectivity index (χ3v) is 4.20. The van der Waals surface area contributed by atoms with E-state index in [0.717, 1.165) is 11.3 Å². The normalized spacial score (nSPS) is 11.1. The van der Waals surface area contributed by atoms with Crippen LogP contribution in [-0.4, -0.2) is 7.11 Å². The predicted molar refractivity (Wildman–Crippen MR) is 102 cm³/mol. The summed E-state index contributed by atoms with van der Waals surface area (Å²) in [7, 11) is 1.72. The van der Waals surface area contributed by atoms with E-state index in [9.17, 15) is 0 Å². The van der Waals surface area contributed by atoms with E-state index in [2.05, 4.69) is 84.9 Å². The first-order chi connectivity index (χ1) is 11.8. The first kappa shape index (κ1) is 16.1. The maximum atomic E-state index is 5.49. The number of methoxy groups -OCH3 is 1. The van der Waals surface area contributed by atoms with Gasteiger partial charge in [0.15, 0.2) is 0 Å². The molecule has 0 bridgehead atoms. The summed E-state index contributed by atoms with van der Waals surface area (Å²) < 4.78 is 5.49. The van der Waals surface area contributed by atoms with Crippen molar-refractivity contribution in [2.45, 2.75) is 12.8 Å². The topological polar surface area (TPSA) is 9.23 Å². The molecule has 0 aromatic heterocycles. The first-order valence-corrected chi connectivity index (χ1v) is 8.24. The Morgan fingerprint density at radius 1 is 0.750 bits per heavy atom. The highest BCUT2D eigenvalue weighted by atomic mass is 16.5. The fourth-order valence-corrected chi connectivity index (χ4v) is 3.11. The summed E-state index contributed by atoms with van der Waals surface area (Å²) in [5.41, 5.74) is 4.95. The maximum absolute atomic E-state index is 5.49. The number of benzene rings is 3. The second-order valence-corrected chi connectivity index (χ2v) is 5.76. The summed E-state index contributed by atoms with van der Waals surface area (Å²) in [4.78, 5) is 0. The van der Waals surface area contributed by atoms with Gasteiger partial charge in [-0.2, -0.15) is 0 Å². The van der Waals surface area contributed by atoms with Crippen LogP contribution in [0.1, 0.15) is 35.1 Å². The summed E-state index contributed by atoms with van der Waals surface area (Å²) in [5, 5.41) is 0. The summed E-state index contributed by atoms with van der Waals surface area (Å²) in [6.45, 7) is 2.03. The molecule has 3 aromatic carbocycles. The van der Waals surface area contributed by atoms with Crippen LogP contribution < -0.4 is 4.74 Å². The number of allylic oxidation sites excluding steroid dienone is 1. The molecule has 0 fully saturated rings. The van der Waals surface area contributed by atoms with Crippen LogP contribution in [-0.2, 0) is 0 Å². The Labute approximate surface area is 144 Å². The zero-order valence-electron chi connectivity index (χ0n) is 14.1. The van der Waals surface area contributed by atoms with Gasteiger partial charge in [0, 0.05) is 11.5 Å².